The fraction of sp³-hybridized carbons (Fsp3) is 0.571. The van der Waals surface area contributed by atoms with Crippen LogP contribution in [0.5, 0.6) is 5.75 Å². The number of anilines is 1. The monoisotopic (exact) mass is 237 g/mol. The lowest BCUT2D eigenvalue weighted by molar-refractivity contribution is 0.223. The first-order valence-corrected chi connectivity index (χ1v) is 6.36. The molecule has 0 fully saturated rings. The molecule has 1 aromatic rings. The zero-order valence-electron chi connectivity index (χ0n) is 10.8. The van der Waals surface area contributed by atoms with Crippen molar-refractivity contribution in [3.8, 4) is 5.75 Å². The van der Waals surface area contributed by atoms with Gasteiger partial charge < -0.3 is 9.64 Å². The van der Waals surface area contributed by atoms with Crippen molar-refractivity contribution in [2.75, 3.05) is 24.6 Å². The minimum Gasteiger partial charge on any atom is -0.490 e. The smallest absolute Gasteiger partial charge is 0.188 e. The molecule has 3 heteroatoms. The van der Waals surface area contributed by atoms with Crippen LogP contribution in [0.1, 0.15) is 26.3 Å². The van der Waals surface area contributed by atoms with E-state index in [2.05, 4.69) is 6.92 Å². The molecule has 0 spiro atoms. The second-order valence-electron chi connectivity index (χ2n) is 4.68. The fourth-order valence-corrected chi connectivity index (χ4v) is 2.37. The molecule has 1 aliphatic heterocycles. The topological polar surface area (TPSA) is 12.5 Å². The van der Waals surface area contributed by atoms with Gasteiger partial charge in [-0.1, -0.05) is 13.0 Å². The summed E-state index contributed by atoms with van der Waals surface area (Å²) in [4.78, 5) is 2.01. The Morgan fingerprint density at radius 3 is 2.71 bits per heavy atom. The van der Waals surface area contributed by atoms with Gasteiger partial charge in [0.2, 0.25) is 0 Å². The predicted octanol–water partition coefficient (Wildman–Crippen LogP) is 3.24. The van der Waals surface area contributed by atoms with E-state index in [1.807, 2.05) is 30.9 Å². The van der Waals surface area contributed by atoms with Crippen molar-refractivity contribution in [1.82, 2.24) is 0 Å². The summed E-state index contributed by atoms with van der Waals surface area (Å²) >= 11 is 0. The summed E-state index contributed by atoms with van der Waals surface area (Å²) in [5.74, 6) is 0.742. The van der Waals surface area contributed by atoms with Crippen molar-refractivity contribution in [3.63, 3.8) is 0 Å². The van der Waals surface area contributed by atoms with Gasteiger partial charge in [0.25, 0.3) is 0 Å². The summed E-state index contributed by atoms with van der Waals surface area (Å²) in [6.07, 6.45) is 0.908. The van der Waals surface area contributed by atoms with Gasteiger partial charge in [-0.05, 0) is 37.8 Å². The Morgan fingerprint density at radius 1 is 1.35 bits per heavy atom. The van der Waals surface area contributed by atoms with E-state index < -0.39 is 0 Å². The summed E-state index contributed by atoms with van der Waals surface area (Å²) in [6.45, 7) is 8.42. The standard InChI is InChI=1S/C14H20FNO/c1-4-16(5-2)12-7-6-11-8-10(3)9-17-14(11)13(12)15/h6-7,10H,4-5,8-9H2,1-3H3. The number of rotatable bonds is 3. The van der Waals surface area contributed by atoms with E-state index >= 15 is 0 Å². The van der Waals surface area contributed by atoms with Crippen LogP contribution in [-0.4, -0.2) is 19.7 Å². The molecule has 1 aliphatic rings. The second-order valence-corrected chi connectivity index (χ2v) is 4.68. The molecule has 0 bridgehead atoms. The Bertz CT molecular complexity index is 401. The van der Waals surface area contributed by atoms with Crippen molar-refractivity contribution in [3.05, 3.63) is 23.5 Å². The lowest BCUT2D eigenvalue weighted by Crippen LogP contribution is -2.25. The van der Waals surface area contributed by atoms with Gasteiger partial charge in [-0.2, -0.15) is 0 Å². The van der Waals surface area contributed by atoms with E-state index in [9.17, 15) is 4.39 Å². The van der Waals surface area contributed by atoms with Gasteiger partial charge in [-0.3, -0.25) is 0 Å². The van der Waals surface area contributed by atoms with Gasteiger partial charge in [0, 0.05) is 13.1 Å². The number of halogens is 1. The van der Waals surface area contributed by atoms with E-state index in [1.54, 1.807) is 0 Å². The molecule has 94 valence electrons. The van der Waals surface area contributed by atoms with E-state index in [0.29, 0.717) is 24.0 Å². The lowest BCUT2D eigenvalue weighted by Gasteiger charge is -2.27. The van der Waals surface area contributed by atoms with Crippen molar-refractivity contribution >= 4 is 5.69 Å². The molecule has 2 rings (SSSR count). The van der Waals surface area contributed by atoms with Crippen molar-refractivity contribution < 1.29 is 9.13 Å². The van der Waals surface area contributed by atoms with Crippen molar-refractivity contribution in [2.45, 2.75) is 27.2 Å². The minimum atomic E-state index is -0.196. The van der Waals surface area contributed by atoms with Gasteiger partial charge in [0.05, 0.1) is 12.3 Å². The van der Waals surface area contributed by atoms with Crippen molar-refractivity contribution in [2.24, 2.45) is 5.92 Å². The fourth-order valence-electron chi connectivity index (χ4n) is 2.37. The Kier molecular flexibility index (Phi) is 3.55. The zero-order chi connectivity index (χ0) is 12.4. The SMILES string of the molecule is CCN(CC)c1ccc2c(c1F)OCC(C)C2. The average Bonchev–Trinajstić information content (AvgIpc) is 2.33. The van der Waals surface area contributed by atoms with Gasteiger partial charge in [0.1, 0.15) is 0 Å². The number of fused-ring (bicyclic) bond motifs is 1. The van der Waals surface area contributed by atoms with Crippen LogP contribution in [0.25, 0.3) is 0 Å². The summed E-state index contributed by atoms with van der Waals surface area (Å²) in [5.41, 5.74) is 1.65. The molecule has 1 heterocycles. The van der Waals surface area contributed by atoms with Crippen LogP contribution in [0.4, 0.5) is 10.1 Å². The Morgan fingerprint density at radius 2 is 2.06 bits per heavy atom. The number of nitrogens with zero attached hydrogens (tertiary/aromatic N) is 1. The molecule has 1 unspecified atom stereocenters. The molecule has 17 heavy (non-hydrogen) atoms. The highest BCUT2D eigenvalue weighted by molar-refractivity contribution is 5.56. The van der Waals surface area contributed by atoms with Crippen molar-refractivity contribution in [1.29, 1.82) is 0 Å². The highest BCUT2D eigenvalue weighted by atomic mass is 19.1. The molecular weight excluding hydrogens is 217 g/mol. The molecule has 0 amide bonds. The quantitative estimate of drug-likeness (QED) is 0.800. The lowest BCUT2D eigenvalue weighted by atomic mass is 9.97. The molecule has 0 radical (unpaired) electrons. The average molecular weight is 237 g/mol. The summed E-state index contributed by atoms with van der Waals surface area (Å²) in [5, 5.41) is 0. The largest absolute Gasteiger partial charge is 0.490 e. The van der Waals surface area contributed by atoms with Gasteiger partial charge in [-0.15, -0.1) is 0 Å². The highest BCUT2D eigenvalue weighted by Gasteiger charge is 2.23. The number of hydrogen-bond donors (Lipinski definition) is 0. The first kappa shape index (κ1) is 12.2. The Labute approximate surface area is 102 Å². The Hall–Kier alpha value is -1.25. The molecular formula is C14H20FNO. The van der Waals surface area contributed by atoms with Crippen LogP contribution < -0.4 is 9.64 Å². The summed E-state index contributed by atoms with van der Waals surface area (Å²) < 4.78 is 19.9. The van der Waals surface area contributed by atoms with Gasteiger partial charge in [0.15, 0.2) is 11.6 Å². The van der Waals surface area contributed by atoms with Crippen LogP contribution in [0.3, 0.4) is 0 Å². The second kappa shape index (κ2) is 4.94. The minimum absolute atomic E-state index is 0.196. The molecule has 0 aliphatic carbocycles. The van der Waals surface area contributed by atoms with E-state index in [0.717, 1.165) is 25.1 Å². The normalized spacial score (nSPS) is 18.5. The number of ether oxygens (including phenoxy) is 1. The first-order chi connectivity index (χ1) is 8.17. The van der Waals surface area contributed by atoms with E-state index in [1.165, 1.54) is 0 Å². The molecule has 1 aromatic carbocycles. The summed E-state index contributed by atoms with van der Waals surface area (Å²) in [6, 6.07) is 3.88. The van der Waals surface area contributed by atoms with Gasteiger partial charge >= 0.3 is 0 Å². The maximum atomic E-state index is 14.3. The van der Waals surface area contributed by atoms with Crippen LogP contribution >= 0.6 is 0 Å². The zero-order valence-corrected chi connectivity index (χ0v) is 10.8. The molecule has 1 atom stereocenters. The van der Waals surface area contributed by atoms with E-state index in [4.69, 9.17) is 4.74 Å². The Balaban J connectivity index is 2.39. The van der Waals surface area contributed by atoms with Crippen LogP contribution in [-0.2, 0) is 6.42 Å². The molecule has 2 nitrogen and oxygen atoms in total. The highest BCUT2D eigenvalue weighted by Crippen LogP contribution is 2.35. The number of benzene rings is 1. The third kappa shape index (κ3) is 2.24. The maximum absolute atomic E-state index is 14.3. The number of hydrogen-bond acceptors (Lipinski definition) is 2. The summed E-state index contributed by atoms with van der Waals surface area (Å²) in [7, 11) is 0. The van der Waals surface area contributed by atoms with Gasteiger partial charge in [-0.25, -0.2) is 4.39 Å². The van der Waals surface area contributed by atoms with E-state index in [-0.39, 0.29) is 5.82 Å². The van der Waals surface area contributed by atoms with Crippen LogP contribution in [0.2, 0.25) is 0 Å². The molecule has 0 saturated carbocycles. The molecule has 0 saturated heterocycles. The third-order valence-electron chi connectivity index (χ3n) is 3.34. The van der Waals surface area contributed by atoms with Crippen LogP contribution in [0, 0.1) is 11.7 Å². The maximum Gasteiger partial charge on any atom is 0.188 e. The first-order valence-electron chi connectivity index (χ1n) is 6.36. The molecule has 0 N–H and O–H groups in total. The van der Waals surface area contributed by atoms with Crippen LogP contribution in [0.15, 0.2) is 12.1 Å². The predicted molar refractivity (Wildman–Crippen MR) is 68.3 cm³/mol. The third-order valence-corrected chi connectivity index (χ3v) is 3.34. The molecule has 0 aromatic heterocycles.